The zero-order chi connectivity index (χ0) is 26.2. The van der Waals surface area contributed by atoms with Crippen LogP contribution in [0.5, 0.6) is 5.75 Å². The molecule has 2 atom stereocenters. The van der Waals surface area contributed by atoms with Crippen molar-refractivity contribution in [2.75, 3.05) is 36.1 Å². The molecule has 0 radical (unpaired) electrons. The quantitative estimate of drug-likeness (QED) is 0.347. The van der Waals surface area contributed by atoms with Gasteiger partial charge in [-0.25, -0.2) is 0 Å². The van der Waals surface area contributed by atoms with Gasteiger partial charge in [-0.15, -0.1) is 0 Å². The number of anilines is 2. The first-order valence-corrected chi connectivity index (χ1v) is 13.3. The fraction of sp³-hybridized carbons (Fsp3) is 0.267. The van der Waals surface area contributed by atoms with Crippen LogP contribution in [0.2, 0.25) is 0 Å². The van der Waals surface area contributed by atoms with Crippen molar-refractivity contribution in [3.05, 3.63) is 102 Å². The Bertz CT molecular complexity index is 1450. The Balaban J connectivity index is 1.43. The normalized spacial score (nSPS) is 19.6. The monoisotopic (exact) mass is 525 g/mol. The molecule has 2 fully saturated rings. The molecule has 0 bridgehead atoms. The summed E-state index contributed by atoms with van der Waals surface area (Å²) in [6.07, 6.45) is 1.80. The van der Waals surface area contributed by atoms with Crippen LogP contribution in [0.4, 0.5) is 11.4 Å². The fourth-order valence-electron chi connectivity index (χ4n) is 5.72. The highest BCUT2D eigenvalue weighted by Gasteiger charge is 2.43. The first-order valence-electron chi connectivity index (χ1n) is 12.9. The SMILES string of the molecule is Cc1cc([C@H]2[C@H](c3ccccn3)NC(=S)N2c2ccccc2O)c(C)n1-c1ccc(N2CCOCC2)cc1. The summed E-state index contributed by atoms with van der Waals surface area (Å²) in [6.45, 7) is 7.64. The van der Waals surface area contributed by atoms with Crippen molar-refractivity contribution < 1.29 is 9.84 Å². The van der Waals surface area contributed by atoms with E-state index >= 15 is 0 Å². The maximum Gasteiger partial charge on any atom is 0.174 e. The molecule has 38 heavy (non-hydrogen) atoms. The molecule has 2 saturated heterocycles. The number of morpholine rings is 1. The molecule has 2 N–H and O–H groups in total. The van der Waals surface area contributed by atoms with E-state index in [1.54, 1.807) is 12.3 Å². The Labute approximate surface area is 228 Å². The molecule has 0 saturated carbocycles. The minimum Gasteiger partial charge on any atom is -0.506 e. The molecule has 2 aliphatic rings. The molecule has 2 aromatic carbocycles. The van der Waals surface area contributed by atoms with Gasteiger partial charge >= 0.3 is 0 Å². The highest BCUT2D eigenvalue weighted by atomic mass is 32.1. The number of nitrogens with zero attached hydrogens (tertiary/aromatic N) is 4. The largest absolute Gasteiger partial charge is 0.506 e. The number of pyridine rings is 1. The standard InChI is InChI=1S/C30H31N5O2S/c1-20-19-24(21(2)34(20)23-12-10-22(11-13-23)33-15-17-37-18-16-33)29-28(25-7-5-6-14-31-25)32-30(38)35(29)26-8-3-4-9-27(26)36/h3-14,19,28-29,36H,15-18H2,1-2H3,(H,32,38)/t28-,29-/m0/s1. The van der Waals surface area contributed by atoms with Crippen molar-refractivity contribution in [3.8, 4) is 11.4 Å². The Morgan fingerprint density at radius 3 is 2.37 bits per heavy atom. The van der Waals surface area contributed by atoms with Gasteiger partial charge in [0.2, 0.25) is 0 Å². The van der Waals surface area contributed by atoms with Crippen molar-refractivity contribution >= 4 is 28.7 Å². The van der Waals surface area contributed by atoms with E-state index in [0.29, 0.717) is 10.8 Å². The minimum absolute atomic E-state index is 0.180. The number of nitrogens with one attached hydrogen (secondary N) is 1. The van der Waals surface area contributed by atoms with Crippen molar-refractivity contribution in [1.29, 1.82) is 0 Å². The summed E-state index contributed by atoms with van der Waals surface area (Å²) in [6, 6.07) is 23.9. The van der Waals surface area contributed by atoms with Crippen LogP contribution in [0, 0.1) is 13.8 Å². The van der Waals surface area contributed by atoms with Crippen LogP contribution in [0.15, 0.2) is 79.0 Å². The third kappa shape index (κ3) is 4.29. The summed E-state index contributed by atoms with van der Waals surface area (Å²) in [4.78, 5) is 9.05. The van der Waals surface area contributed by atoms with Crippen molar-refractivity contribution in [2.45, 2.75) is 25.9 Å². The average molecular weight is 526 g/mol. The van der Waals surface area contributed by atoms with E-state index in [9.17, 15) is 5.11 Å². The molecular formula is C30H31N5O2S. The van der Waals surface area contributed by atoms with Crippen LogP contribution in [-0.2, 0) is 4.74 Å². The molecule has 0 amide bonds. The molecule has 0 spiro atoms. The smallest absolute Gasteiger partial charge is 0.174 e. The zero-order valence-electron chi connectivity index (χ0n) is 21.5. The summed E-state index contributed by atoms with van der Waals surface area (Å²) < 4.78 is 7.80. The van der Waals surface area contributed by atoms with Crippen LogP contribution in [-0.4, -0.2) is 46.1 Å². The second-order valence-electron chi connectivity index (χ2n) is 9.76. The number of phenols is 1. The van der Waals surface area contributed by atoms with Crippen LogP contribution in [0.25, 0.3) is 5.69 Å². The van der Waals surface area contributed by atoms with Gasteiger partial charge in [0.25, 0.3) is 0 Å². The van der Waals surface area contributed by atoms with Gasteiger partial charge in [0.15, 0.2) is 5.11 Å². The molecule has 7 nitrogen and oxygen atoms in total. The minimum atomic E-state index is -0.196. The summed E-state index contributed by atoms with van der Waals surface area (Å²) >= 11 is 5.84. The molecule has 8 heteroatoms. The number of aromatic hydroxyl groups is 1. The Kier molecular flexibility index (Phi) is 6.51. The zero-order valence-corrected chi connectivity index (χ0v) is 22.4. The maximum absolute atomic E-state index is 10.8. The lowest BCUT2D eigenvalue weighted by Gasteiger charge is -2.29. The van der Waals surface area contributed by atoms with Crippen molar-refractivity contribution in [1.82, 2.24) is 14.9 Å². The van der Waals surface area contributed by atoms with Crippen LogP contribution in [0.3, 0.4) is 0 Å². The third-order valence-electron chi connectivity index (χ3n) is 7.51. The van der Waals surface area contributed by atoms with Gasteiger partial charge in [-0.2, -0.15) is 0 Å². The van der Waals surface area contributed by atoms with Gasteiger partial charge in [0.1, 0.15) is 5.75 Å². The van der Waals surface area contributed by atoms with Gasteiger partial charge in [0, 0.05) is 42.0 Å². The molecular weight excluding hydrogens is 494 g/mol. The van der Waals surface area contributed by atoms with Gasteiger partial charge in [-0.05, 0) is 86.2 Å². The molecule has 194 valence electrons. The second-order valence-corrected chi connectivity index (χ2v) is 10.1. The van der Waals surface area contributed by atoms with Gasteiger partial charge < -0.3 is 29.5 Å². The third-order valence-corrected chi connectivity index (χ3v) is 7.83. The maximum atomic E-state index is 10.8. The number of phenolic OH excluding ortho intramolecular Hbond substituents is 1. The van der Waals surface area contributed by atoms with Gasteiger partial charge in [-0.1, -0.05) is 18.2 Å². The van der Waals surface area contributed by atoms with E-state index in [0.717, 1.165) is 54.6 Å². The number of benzene rings is 2. The first-order chi connectivity index (χ1) is 18.5. The Morgan fingerprint density at radius 2 is 1.66 bits per heavy atom. The second kappa shape index (κ2) is 10.1. The summed E-state index contributed by atoms with van der Waals surface area (Å²) in [5, 5.41) is 14.8. The van der Waals surface area contributed by atoms with Crippen molar-refractivity contribution in [3.63, 3.8) is 0 Å². The number of thiocarbonyl (C=S) groups is 1. The molecule has 2 aliphatic heterocycles. The molecule has 2 aromatic heterocycles. The summed E-state index contributed by atoms with van der Waals surface area (Å²) in [7, 11) is 0. The highest BCUT2D eigenvalue weighted by Crippen LogP contribution is 2.45. The topological polar surface area (TPSA) is 65.8 Å². The molecule has 0 aliphatic carbocycles. The lowest BCUT2D eigenvalue weighted by Crippen LogP contribution is -2.36. The predicted octanol–water partition coefficient (Wildman–Crippen LogP) is 5.21. The lowest BCUT2D eigenvalue weighted by molar-refractivity contribution is 0.122. The average Bonchev–Trinajstić information content (AvgIpc) is 3.44. The number of aryl methyl sites for hydroxylation is 1. The number of hydrogen-bond acceptors (Lipinski definition) is 5. The number of aromatic nitrogens is 2. The molecule has 4 aromatic rings. The fourth-order valence-corrected chi connectivity index (χ4v) is 6.06. The number of rotatable bonds is 5. The van der Waals surface area contributed by atoms with Crippen LogP contribution < -0.4 is 15.1 Å². The Morgan fingerprint density at radius 1 is 0.947 bits per heavy atom. The molecule has 6 rings (SSSR count). The van der Waals surface area contributed by atoms with Crippen molar-refractivity contribution in [2.24, 2.45) is 0 Å². The van der Waals surface area contributed by atoms with E-state index in [1.165, 1.54) is 5.69 Å². The summed E-state index contributed by atoms with van der Waals surface area (Å²) in [5.41, 5.74) is 7.29. The number of ether oxygens (including phenoxy) is 1. The highest BCUT2D eigenvalue weighted by molar-refractivity contribution is 7.80. The van der Waals surface area contributed by atoms with E-state index < -0.39 is 0 Å². The van der Waals surface area contributed by atoms with Crippen LogP contribution in [0.1, 0.15) is 34.7 Å². The van der Waals surface area contributed by atoms with E-state index in [2.05, 4.69) is 63.9 Å². The van der Waals surface area contributed by atoms with E-state index in [-0.39, 0.29) is 17.8 Å². The first kappa shape index (κ1) is 24.5. The van der Waals surface area contributed by atoms with Crippen LogP contribution >= 0.6 is 12.2 Å². The van der Waals surface area contributed by atoms with E-state index in [4.69, 9.17) is 17.0 Å². The van der Waals surface area contributed by atoms with E-state index in [1.807, 2.05) is 41.3 Å². The molecule has 0 unspecified atom stereocenters. The predicted molar refractivity (Wildman–Crippen MR) is 154 cm³/mol. The molecule has 4 heterocycles. The Hall–Kier alpha value is -3.88. The summed E-state index contributed by atoms with van der Waals surface area (Å²) in [5.74, 6) is 0.191. The number of hydrogen-bond donors (Lipinski definition) is 2. The number of para-hydroxylation sites is 2. The van der Waals surface area contributed by atoms with Gasteiger partial charge in [0.05, 0.1) is 36.7 Å². The lowest BCUT2D eigenvalue weighted by atomic mass is 9.96. The van der Waals surface area contributed by atoms with Gasteiger partial charge in [-0.3, -0.25) is 4.98 Å².